The lowest BCUT2D eigenvalue weighted by molar-refractivity contribution is -0.137. The van der Waals surface area contributed by atoms with E-state index in [4.69, 9.17) is 9.47 Å². The Bertz CT molecular complexity index is 1110. The number of carbonyl (C=O) groups is 4. The smallest absolute Gasteiger partial charge is 0.246 e. The third-order valence-corrected chi connectivity index (χ3v) is 8.95. The second-order valence-electron chi connectivity index (χ2n) is 12.3. The molecule has 3 amide bonds. The van der Waals surface area contributed by atoms with Crippen LogP contribution in [0.4, 0.5) is 0 Å². The predicted molar refractivity (Wildman–Crippen MR) is 153 cm³/mol. The summed E-state index contributed by atoms with van der Waals surface area (Å²) in [5.74, 6) is -1.32. The second kappa shape index (κ2) is 14.0. The lowest BCUT2D eigenvalue weighted by Crippen LogP contribution is -2.58. The number of epoxide rings is 1. The van der Waals surface area contributed by atoms with E-state index in [0.29, 0.717) is 43.4 Å². The van der Waals surface area contributed by atoms with Crippen LogP contribution in [0.15, 0.2) is 24.3 Å². The Morgan fingerprint density at radius 2 is 1.60 bits per heavy atom. The van der Waals surface area contributed by atoms with E-state index in [1.165, 1.54) is 14.0 Å². The van der Waals surface area contributed by atoms with Gasteiger partial charge in [0.1, 0.15) is 29.5 Å². The summed E-state index contributed by atoms with van der Waals surface area (Å²) in [4.78, 5) is 53.1. The summed E-state index contributed by atoms with van der Waals surface area (Å²) in [7, 11) is 1.51. The van der Waals surface area contributed by atoms with Gasteiger partial charge in [0.25, 0.3) is 0 Å². The van der Waals surface area contributed by atoms with Crippen molar-refractivity contribution in [2.24, 2.45) is 11.8 Å². The van der Waals surface area contributed by atoms with Gasteiger partial charge in [0, 0.05) is 5.92 Å². The molecule has 0 radical (unpaired) electrons. The van der Waals surface area contributed by atoms with Crippen LogP contribution in [0.1, 0.15) is 83.3 Å². The van der Waals surface area contributed by atoms with Crippen LogP contribution in [0.3, 0.4) is 0 Å². The topological polar surface area (TPSA) is 167 Å². The third-order valence-electron chi connectivity index (χ3n) is 8.95. The largest absolute Gasteiger partial charge is 0.497 e. The minimum absolute atomic E-state index is 0.218. The first-order valence-electron chi connectivity index (χ1n) is 15.1. The molecule has 2 aliphatic carbocycles. The number of Topliss-reactive ketones (excluding diaryl/α,β-unsaturated/α-hetero) is 1. The second-order valence-corrected chi connectivity index (χ2v) is 12.3. The van der Waals surface area contributed by atoms with E-state index in [-0.39, 0.29) is 30.1 Å². The van der Waals surface area contributed by atoms with Crippen LogP contribution in [0, 0.1) is 11.8 Å². The molecule has 3 aliphatic rings. The fourth-order valence-electron chi connectivity index (χ4n) is 5.99. The summed E-state index contributed by atoms with van der Waals surface area (Å²) < 4.78 is 10.6. The number of aliphatic hydroxyl groups is 2. The van der Waals surface area contributed by atoms with Gasteiger partial charge in [-0.1, -0.05) is 37.8 Å². The molecule has 3 unspecified atom stereocenters. The van der Waals surface area contributed by atoms with E-state index in [1.54, 1.807) is 31.2 Å². The summed E-state index contributed by atoms with van der Waals surface area (Å²) in [5.41, 5.74) is -0.581. The van der Waals surface area contributed by atoms with Crippen LogP contribution in [0.2, 0.25) is 0 Å². The van der Waals surface area contributed by atoms with Crippen molar-refractivity contribution in [1.29, 1.82) is 0 Å². The van der Waals surface area contributed by atoms with Gasteiger partial charge >= 0.3 is 0 Å². The Balaban J connectivity index is 1.49. The summed E-state index contributed by atoms with van der Waals surface area (Å²) in [6, 6.07) is 3.21. The third kappa shape index (κ3) is 8.08. The highest BCUT2D eigenvalue weighted by molar-refractivity contribution is 5.98. The Labute approximate surface area is 247 Å². The predicted octanol–water partition coefficient (Wildman–Crippen LogP) is 1.69. The molecule has 3 fully saturated rings. The fourth-order valence-corrected chi connectivity index (χ4v) is 5.99. The average Bonchev–Trinajstić information content (AvgIpc) is 3.53. The molecule has 1 aliphatic heterocycles. The zero-order chi connectivity index (χ0) is 30.4. The van der Waals surface area contributed by atoms with Gasteiger partial charge in [0.05, 0.1) is 25.9 Å². The first kappa shape index (κ1) is 31.9. The van der Waals surface area contributed by atoms with Crippen molar-refractivity contribution in [2.75, 3.05) is 13.7 Å². The number of hydrogen-bond acceptors (Lipinski definition) is 8. The van der Waals surface area contributed by atoms with Crippen LogP contribution < -0.4 is 20.7 Å². The number of rotatable bonds is 13. The highest BCUT2D eigenvalue weighted by atomic mass is 16.6. The van der Waals surface area contributed by atoms with Crippen molar-refractivity contribution in [3.8, 4) is 5.75 Å². The van der Waals surface area contributed by atoms with Gasteiger partial charge in [-0.2, -0.15) is 0 Å². The van der Waals surface area contributed by atoms with Gasteiger partial charge in [0.2, 0.25) is 17.7 Å². The monoisotopic (exact) mass is 587 g/mol. The molecular formula is C31H45N3O8. The number of aliphatic hydroxyl groups excluding tert-OH is 2. The lowest BCUT2D eigenvalue weighted by atomic mass is 9.87. The number of nitrogens with one attached hydrogen (secondary N) is 3. The van der Waals surface area contributed by atoms with Crippen LogP contribution >= 0.6 is 0 Å². The molecule has 0 spiro atoms. The number of methoxy groups -OCH3 is 1. The van der Waals surface area contributed by atoms with Gasteiger partial charge in [-0.25, -0.2) is 0 Å². The molecule has 11 heteroatoms. The zero-order valence-electron chi connectivity index (χ0n) is 24.8. The summed E-state index contributed by atoms with van der Waals surface area (Å²) in [6.45, 7) is 3.50. The molecule has 42 heavy (non-hydrogen) atoms. The van der Waals surface area contributed by atoms with E-state index in [2.05, 4.69) is 16.0 Å². The maximum absolute atomic E-state index is 13.8. The van der Waals surface area contributed by atoms with Gasteiger partial charge < -0.3 is 35.6 Å². The highest BCUT2D eigenvalue weighted by Gasteiger charge is 2.50. The van der Waals surface area contributed by atoms with E-state index in [0.717, 1.165) is 25.7 Å². The number of ketones is 1. The van der Waals surface area contributed by atoms with E-state index >= 15 is 0 Å². The maximum atomic E-state index is 13.8. The molecular weight excluding hydrogens is 542 g/mol. The van der Waals surface area contributed by atoms with Crippen LogP contribution in [-0.4, -0.2) is 77.3 Å². The molecule has 5 N–H and O–H groups in total. The molecule has 2 saturated carbocycles. The molecule has 1 saturated heterocycles. The van der Waals surface area contributed by atoms with Crippen molar-refractivity contribution in [3.63, 3.8) is 0 Å². The summed E-state index contributed by atoms with van der Waals surface area (Å²) >= 11 is 0. The molecule has 1 aromatic carbocycles. The van der Waals surface area contributed by atoms with E-state index < -0.39 is 47.7 Å². The van der Waals surface area contributed by atoms with Crippen molar-refractivity contribution < 1.29 is 38.9 Å². The Kier molecular flexibility index (Phi) is 10.6. The molecule has 11 nitrogen and oxygen atoms in total. The van der Waals surface area contributed by atoms with Crippen molar-refractivity contribution in [2.45, 2.75) is 108 Å². The van der Waals surface area contributed by atoms with Gasteiger partial charge in [-0.15, -0.1) is 0 Å². The maximum Gasteiger partial charge on any atom is 0.246 e. The van der Waals surface area contributed by atoms with Crippen molar-refractivity contribution in [3.05, 3.63) is 29.8 Å². The Morgan fingerprint density at radius 1 is 0.976 bits per heavy atom. The van der Waals surface area contributed by atoms with Gasteiger partial charge in [-0.3, -0.25) is 19.2 Å². The molecule has 4 rings (SSSR count). The summed E-state index contributed by atoms with van der Waals surface area (Å²) in [6.07, 6.45) is 4.82. The van der Waals surface area contributed by atoms with Crippen LogP contribution in [-0.2, 0) is 23.9 Å². The minimum atomic E-state index is -1.45. The standard InChI is InChI=1S/C31H45N3O8/c1-18(32-29(39)21-8-12-22(35)13-9-21)28(38)34-25(26(36)20-10-14-23(41-3)15-11-20)30(40)33-24(16-19-6-4-5-7-19)27(37)31(2)17-42-31/h10-11,14-15,18-19,21-22,24-26,35-36H,4-9,12-13,16-17H2,1-3H3,(H,32,39)(H,33,40)(H,34,38)/t18?,21?,22?,24?,25-,26+,31?/m0/s1. The number of hydrogen-bond donors (Lipinski definition) is 5. The first-order valence-corrected chi connectivity index (χ1v) is 15.1. The number of benzene rings is 1. The average molecular weight is 588 g/mol. The van der Waals surface area contributed by atoms with Gasteiger partial charge in [0.15, 0.2) is 5.78 Å². The molecule has 1 aromatic rings. The molecule has 0 bridgehead atoms. The van der Waals surface area contributed by atoms with Gasteiger partial charge in [-0.05, 0) is 69.6 Å². The molecule has 1 heterocycles. The van der Waals surface area contributed by atoms with Crippen LogP contribution in [0.25, 0.3) is 0 Å². The lowest BCUT2D eigenvalue weighted by Gasteiger charge is -2.29. The molecule has 0 aromatic heterocycles. The number of carbonyl (C=O) groups excluding carboxylic acids is 4. The summed E-state index contributed by atoms with van der Waals surface area (Å²) in [5, 5.41) is 29.2. The van der Waals surface area contributed by atoms with E-state index in [9.17, 15) is 29.4 Å². The molecule has 232 valence electrons. The van der Waals surface area contributed by atoms with Crippen molar-refractivity contribution in [1.82, 2.24) is 16.0 Å². The minimum Gasteiger partial charge on any atom is -0.497 e. The fraction of sp³-hybridized carbons (Fsp3) is 0.677. The SMILES string of the molecule is COc1ccc([C@@H](O)[C@H](NC(=O)C(C)NC(=O)C2CCC(O)CC2)C(=O)NC(CC2CCCC2)C(=O)C2(C)CO2)cc1. The quantitative estimate of drug-likeness (QED) is 0.218. The number of ether oxygens (including phenoxy) is 2. The van der Waals surface area contributed by atoms with Crippen LogP contribution in [0.5, 0.6) is 5.75 Å². The Morgan fingerprint density at radius 3 is 2.17 bits per heavy atom. The zero-order valence-corrected chi connectivity index (χ0v) is 24.8. The molecule has 5 atom stereocenters. The van der Waals surface area contributed by atoms with Crippen molar-refractivity contribution >= 4 is 23.5 Å². The normalized spacial score (nSPS) is 26.8. The Hall–Kier alpha value is -3.02. The first-order chi connectivity index (χ1) is 20.0. The van der Waals surface area contributed by atoms with E-state index in [1.807, 2.05) is 0 Å². The number of amides is 3. The highest BCUT2D eigenvalue weighted by Crippen LogP contribution is 2.34.